The summed E-state index contributed by atoms with van der Waals surface area (Å²) in [6, 6.07) is 5.11. The monoisotopic (exact) mass is 221 g/mol. The first kappa shape index (κ1) is 12.6. The van der Waals surface area contributed by atoms with E-state index in [0.29, 0.717) is 11.5 Å². The van der Waals surface area contributed by atoms with Gasteiger partial charge in [-0.05, 0) is 24.1 Å². The van der Waals surface area contributed by atoms with Crippen LogP contribution in [0.2, 0.25) is 0 Å². The summed E-state index contributed by atoms with van der Waals surface area (Å²) in [4.78, 5) is 4.31. The lowest BCUT2D eigenvalue weighted by molar-refractivity contribution is 0.412. The highest BCUT2D eigenvalue weighted by Gasteiger charge is 2.01. The summed E-state index contributed by atoms with van der Waals surface area (Å²) in [5, 5.41) is 9.61. The molecule has 16 heavy (non-hydrogen) atoms. The molecule has 0 saturated heterocycles. The van der Waals surface area contributed by atoms with Crippen molar-refractivity contribution in [3.05, 3.63) is 23.8 Å². The van der Waals surface area contributed by atoms with E-state index in [2.05, 4.69) is 18.8 Å². The fourth-order valence-corrected chi connectivity index (χ4v) is 1.22. The molecule has 0 spiro atoms. The molecule has 1 unspecified atom stereocenters. The second-order valence-electron chi connectivity index (χ2n) is 3.93. The number of nitrogens with zero attached hydrogens (tertiary/aromatic N) is 1. The van der Waals surface area contributed by atoms with Gasteiger partial charge < -0.3 is 9.84 Å². The van der Waals surface area contributed by atoms with Crippen LogP contribution in [0.1, 0.15) is 25.8 Å². The molecular weight excluding hydrogens is 202 g/mol. The Labute approximate surface area is 96.8 Å². The number of phenols is 1. The lowest BCUT2D eigenvalue weighted by Crippen LogP contribution is -1.97. The molecule has 1 N–H and O–H groups in total. The predicted molar refractivity (Wildman–Crippen MR) is 66.6 cm³/mol. The van der Waals surface area contributed by atoms with Crippen molar-refractivity contribution < 1.29 is 9.84 Å². The summed E-state index contributed by atoms with van der Waals surface area (Å²) in [6.07, 6.45) is 2.81. The summed E-state index contributed by atoms with van der Waals surface area (Å²) in [5.41, 5.74) is 0.697. The van der Waals surface area contributed by atoms with Crippen LogP contribution in [0.3, 0.4) is 0 Å². The first-order valence-electron chi connectivity index (χ1n) is 5.54. The van der Waals surface area contributed by atoms with Crippen LogP contribution in [0.15, 0.2) is 23.2 Å². The highest BCUT2D eigenvalue weighted by atomic mass is 16.5. The van der Waals surface area contributed by atoms with Crippen LogP contribution in [0.25, 0.3) is 0 Å². The minimum atomic E-state index is 0.230. The molecule has 0 aliphatic heterocycles. The number of ether oxygens (including phenoxy) is 1. The second-order valence-corrected chi connectivity index (χ2v) is 3.93. The Hall–Kier alpha value is -1.51. The Morgan fingerprint density at radius 3 is 2.88 bits per heavy atom. The van der Waals surface area contributed by atoms with E-state index in [1.54, 1.807) is 31.5 Å². The number of hydrogen-bond donors (Lipinski definition) is 1. The van der Waals surface area contributed by atoms with Crippen molar-refractivity contribution in [2.75, 3.05) is 13.7 Å². The zero-order valence-corrected chi connectivity index (χ0v) is 10.1. The highest BCUT2D eigenvalue weighted by Crippen LogP contribution is 2.21. The number of methoxy groups -OCH3 is 1. The minimum Gasteiger partial charge on any atom is -0.507 e. The van der Waals surface area contributed by atoms with Crippen LogP contribution in [-0.4, -0.2) is 25.0 Å². The first-order valence-corrected chi connectivity index (χ1v) is 5.54. The average Bonchev–Trinajstić information content (AvgIpc) is 2.31. The Balaban J connectivity index is 2.72. The molecular formula is C13H19NO2. The summed E-state index contributed by atoms with van der Waals surface area (Å²) >= 11 is 0. The Bertz CT molecular complexity index is 361. The van der Waals surface area contributed by atoms with Gasteiger partial charge in [-0.25, -0.2) is 0 Å². The van der Waals surface area contributed by atoms with Crippen LogP contribution in [0.4, 0.5) is 0 Å². The van der Waals surface area contributed by atoms with Crippen LogP contribution in [-0.2, 0) is 0 Å². The van der Waals surface area contributed by atoms with E-state index in [9.17, 15) is 5.11 Å². The summed E-state index contributed by atoms with van der Waals surface area (Å²) < 4.78 is 5.09. The summed E-state index contributed by atoms with van der Waals surface area (Å²) in [6.45, 7) is 5.08. The van der Waals surface area contributed by atoms with Crippen molar-refractivity contribution in [2.45, 2.75) is 20.3 Å². The maximum absolute atomic E-state index is 9.61. The number of phenolic OH excluding ortho intramolecular Hbond substituents is 1. The standard InChI is InChI=1S/C13H19NO2/c1-4-10(2)8-14-9-11-7-12(16-3)5-6-13(11)15/h5-7,9-10,15H,4,8H2,1-3H3. The third-order valence-corrected chi connectivity index (χ3v) is 2.58. The van der Waals surface area contributed by atoms with E-state index in [1.165, 1.54) is 0 Å². The molecule has 0 aromatic heterocycles. The third kappa shape index (κ3) is 3.57. The van der Waals surface area contributed by atoms with E-state index in [0.717, 1.165) is 18.7 Å². The number of aliphatic imine (C=N–C) groups is 1. The molecule has 0 aliphatic rings. The van der Waals surface area contributed by atoms with Gasteiger partial charge in [0.25, 0.3) is 0 Å². The highest BCUT2D eigenvalue weighted by molar-refractivity contribution is 5.84. The summed E-state index contributed by atoms with van der Waals surface area (Å²) in [5.74, 6) is 1.53. The lowest BCUT2D eigenvalue weighted by Gasteiger charge is -2.04. The van der Waals surface area contributed by atoms with Gasteiger partial charge in [0.05, 0.1) is 7.11 Å². The number of aromatic hydroxyl groups is 1. The molecule has 0 bridgehead atoms. The molecule has 1 rings (SSSR count). The normalized spacial score (nSPS) is 12.9. The van der Waals surface area contributed by atoms with Gasteiger partial charge in [-0.1, -0.05) is 20.3 Å². The smallest absolute Gasteiger partial charge is 0.124 e. The zero-order chi connectivity index (χ0) is 12.0. The van der Waals surface area contributed by atoms with Gasteiger partial charge in [-0.3, -0.25) is 4.99 Å². The van der Waals surface area contributed by atoms with Gasteiger partial charge in [-0.15, -0.1) is 0 Å². The van der Waals surface area contributed by atoms with Crippen LogP contribution in [0, 0.1) is 5.92 Å². The molecule has 1 aromatic carbocycles. The van der Waals surface area contributed by atoms with E-state index >= 15 is 0 Å². The number of benzene rings is 1. The molecule has 0 fully saturated rings. The minimum absolute atomic E-state index is 0.230. The number of rotatable bonds is 5. The molecule has 0 saturated carbocycles. The van der Waals surface area contributed by atoms with Crippen molar-refractivity contribution in [3.8, 4) is 11.5 Å². The largest absolute Gasteiger partial charge is 0.507 e. The third-order valence-electron chi connectivity index (χ3n) is 2.58. The maximum Gasteiger partial charge on any atom is 0.124 e. The van der Waals surface area contributed by atoms with Crippen LogP contribution >= 0.6 is 0 Å². The van der Waals surface area contributed by atoms with E-state index < -0.39 is 0 Å². The Kier molecular flexibility index (Phi) is 4.83. The fraction of sp³-hybridized carbons (Fsp3) is 0.462. The second kappa shape index (κ2) is 6.16. The van der Waals surface area contributed by atoms with Gasteiger partial charge in [-0.2, -0.15) is 0 Å². The molecule has 3 heteroatoms. The molecule has 1 atom stereocenters. The zero-order valence-electron chi connectivity index (χ0n) is 10.1. The van der Waals surface area contributed by atoms with E-state index in [4.69, 9.17) is 4.74 Å². The SMILES string of the molecule is CCC(C)CN=Cc1cc(OC)ccc1O. The van der Waals surface area contributed by atoms with E-state index in [1.807, 2.05) is 0 Å². The fourth-order valence-electron chi connectivity index (χ4n) is 1.22. The number of hydrogen-bond acceptors (Lipinski definition) is 3. The van der Waals surface area contributed by atoms with Crippen molar-refractivity contribution >= 4 is 6.21 Å². The Morgan fingerprint density at radius 2 is 2.25 bits per heavy atom. The molecule has 1 aromatic rings. The Morgan fingerprint density at radius 1 is 1.50 bits per heavy atom. The topological polar surface area (TPSA) is 41.8 Å². The molecule has 0 radical (unpaired) electrons. The lowest BCUT2D eigenvalue weighted by atomic mass is 10.1. The van der Waals surface area contributed by atoms with Gasteiger partial charge in [0.2, 0.25) is 0 Å². The van der Waals surface area contributed by atoms with Gasteiger partial charge >= 0.3 is 0 Å². The van der Waals surface area contributed by atoms with Gasteiger partial charge in [0.15, 0.2) is 0 Å². The quantitative estimate of drug-likeness (QED) is 0.777. The van der Waals surface area contributed by atoms with Crippen LogP contribution < -0.4 is 4.74 Å². The van der Waals surface area contributed by atoms with Crippen molar-refractivity contribution in [1.82, 2.24) is 0 Å². The predicted octanol–water partition coefficient (Wildman–Crippen LogP) is 2.87. The van der Waals surface area contributed by atoms with Gasteiger partial charge in [0, 0.05) is 18.3 Å². The van der Waals surface area contributed by atoms with E-state index in [-0.39, 0.29) is 5.75 Å². The molecule has 3 nitrogen and oxygen atoms in total. The average molecular weight is 221 g/mol. The first-order chi connectivity index (χ1) is 7.67. The maximum atomic E-state index is 9.61. The van der Waals surface area contributed by atoms with Crippen molar-refractivity contribution in [1.29, 1.82) is 0 Å². The summed E-state index contributed by atoms with van der Waals surface area (Å²) in [7, 11) is 1.60. The van der Waals surface area contributed by atoms with Gasteiger partial charge in [0.1, 0.15) is 11.5 Å². The van der Waals surface area contributed by atoms with Crippen molar-refractivity contribution in [2.24, 2.45) is 10.9 Å². The molecule has 0 aliphatic carbocycles. The molecule has 0 amide bonds. The van der Waals surface area contributed by atoms with Crippen LogP contribution in [0.5, 0.6) is 11.5 Å². The van der Waals surface area contributed by atoms with Crippen molar-refractivity contribution in [3.63, 3.8) is 0 Å². The molecule has 0 heterocycles. The molecule has 88 valence electrons.